The second-order valence-electron chi connectivity index (χ2n) is 2.96. The first-order valence-electron chi connectivity index (χ1n) is 3.84. The third-order valence-electron chi connectivity index (χ3n) is 2.14. The number of aliphatic carboxylic acids is 1. The Labute approximate surface area is 79.2 Å². The second kappa shape index (κ2) is 3.72. The first-order chi connectivity index (χ1) is 5.55. The van der Waals surface area contributed by atoms with E-state index < -0.39 is 10.4 Å². The van der Waals surface area contributed by atoms with Crippen LogP contribution in [0, 0.1) is 5.92 Å². The van der Waals surface area contributed by atoms with E-state index in [1.54, 1.807) is 0 Å². The van der Waals surface area contributed by atoms with Crippen LogP contribution in [0.15, 0.2) is 0 Å². The standard InChI is InChI=1S/C7H12BrNO3/c8-7(9,6(10)11)5-1-3-12-4-2-5/h5H,1-4,9H2,(H,10,11). The van der Waals surface area contributed by atoms with Gasteiger partial charge in [0.1, 0.15) is 0 Å². The molecule has 12 heavy (non-hydrogen) atoms. The first kappa shape index (κ1) is 9.95. The third-order valence-corrected chi connectivity index (χ3v) is 3.13. The lowest BCUT2D eigenvalue weighted by atomic mass is 9.92. The van der Waals surface area contributed by atoms with Crippen molar-refractivity contribution in [3.8, 4) is 0 Å². The fourth-order valence-corrected chi connectivity index (χ4v) is 1.75. The Bertz CT molecular complexity index is 177. The zero-order chi connectivity index (χ0) is 9.19. The summed E-state index contributed by atoms with van der Waals surface area (Å²) in [7, 11) is 0. The monoisotopic (exact) mass is 237 g/mol. The molecule has 0 radical (unpaired) electrons. The van der Waals surface area contributed by atoms with Crippen molar-refractivity contribution in [1.29, 1.82) is 0 Å². The van der Waals surface area contributed by atoms with Crippen LogP contribution in [0.25, 0.3) is 0 Å². The van der Waals surface area contributed by atoms with E-state index in [0.717, 1.165) is 0 Å². The summed E-state index contributed by atoms with van der Waals surface area (Å²) in [5, 5.41) is 8.78. The summed E-state index contributed by atoms with van der Waals surface area (Å²) in [6.07, 6.45) is 1.40. The van der Waals surface area contributed by atoms with Gasteiger partial charge in [0.25, 0.3) is 0 Å². The van der Waals surface area contributed by atoms with Gasteiger partial charge in [-0.3, -0.25) is 0 Å². The Morgan fingerprint density at radius 2 is 2.08 bits per heavy atom. The van der Waals surface area contributed by atoms with Gasteiger partial charge in [-0.1, -0.05) is 15.9 Å². The van der Waals surface area contributed by atoms with Gasteiger partial charge >= 0.3 is 5.97 Å². The quantitative estimate of drug-likeness (QED) is 0.544. The Kier molecular flexibility index (Phi) is 3.09. The normalized spacial score (nSPS) is 24.8. The summed E-state index contributed by atoms with van der Waals surface area (Å²) >= 11 is 3.03. The molecule has 1 unspecified atom stereocenters. The van der Waals surface area contributed by atoms with Crippen molar-refractivity contribution in [3.05, 3.63) is 0 Å². The lowest BCUT2D eigenvalue weighted by Crippen LogP contribution is -2.50. The number of hydrogen-bond donors (Lipinski definition) is 2. The highest BCUT2D eigenvalue weighted by molar-refractivity contribution is 9.10. The molecule has 1 fully saturated rings. The lowest BCUT2D eigenvalue weighted by molar-refractivity contribution is -0.142. The van der Waals surface area contributed by atoms with Gasteiger partial charge in [-0.25, -0.2) is 4.79 Å². The van der Waals surface area contributed by atoms with E-state index in [1.165, 1.54) is 0 Å². The average Bonchev–Trinajstić information content (AvgIpc) is 2.06. The maximum Gasteiger partial charge on any atom is 0.335 e. The van der Waals surface area contributed by atoms with E-state index in [4.69, 9.17) is 15.6 Å². The molecular weight excluding hydrogens is 226 g/mol. The van der Waals surface area contributed by atoms with Crippen molar-refractivity contribution in [2.24, 2.45) is 11.7 Å². The fourth-order valence-electron chi connectivity index (χ4n) is 1.29. The van der Waals surface area contributed by atoms with Crippen molar-refractivity contribution in [3.63, 3.8) is 0 Å². The number of carboxylic acids is 1. The molecular formula is C7H12BrNO3. The van der Waals surface area contributed by atoms with Crippen LogP contribution in [0.5, 0.6) is 0 Å². The minimum Gasteiger partial charge on any atom is -0.479 e. The SMILES string of the molecule is NC(Br)(C(=O)O)C1CCOCC1. The van der Waals surface area contributed by atoms with E-state index >= 15 is 0 Å². The van der Waals surface area contributed by atoms with Crippen LogP contribution >= 0.6 is 15.9 Å². The molecule has 0 aromatic carbocycles. The molecule has 0 aromatic heterocycles. The van der Waals surface area contributed by atoms with E-state index in [1.807, 2.05) is 0 Å². The summed E-state index contributed by atoms with van der Waals surface area (Å²) in [4.78, 5) is 10.7. The molecule has 1 rings (SSSR count). The Morgan fingerprint density at radius 1 is 1.58 bits per heavy atom. The van der Waals surface area contributed by atoms with Crippen molar-refractivity contribution < 1.29 is 14.6 Å². The summed E-state index contributed by atoms with van der Waals surface area (Å²) in [6, 6.07) is 0. The highest BCUT2D eigenvalue weighted by Crippen LogP contribution is 2.30. The zero-order valence-corrected chi connectivity index (χ0v) is 8.21. The number of carbonyl (C=O) groups is 1. The van der Waals surface area contributed by atoms with Gasteiger partial charge in [-0.05, 0) is 12.8 Å². The van der Waals surface area contributed by atoms with Gasteiger partial charge in [0, 0.05) is 19.1 Å². The van der Waals surface area contributed by atoms with Crippen molar-refractivity contribution in [2.45, 2.75) is 17.3 Å². The Hall–Kier alpha value is -0.130. The van der Waals surface area contributed by atoms with E-state index in [2.05, 4.69) is 15.9 Å². The Morgan fingerprint density at radius 3 is 2.50 bits per heavy atom. The average molecular weight is 238 g/mol. The van der Waals surface area contributed by atoms with Crippen LogP contribution < -0.4 is 5.73 Å². The third kappa shape index (κ3) is 1.97. The molecule has 1 atom stereocenters. The number of carboxylic acid groups (broad SMARTS) is 1. The molecule has 0 spiro atoms. The zero-order valence-electron chi connectivity index (χ0n) is 6.62. The van der Waals surface area contributed by atoms with Crippen LogP contribution in [-0.4, -0.2) is 28.7 Å². The van der Waals surface area contributed by atoms with Gasteiger partial charge in [0.05, 0.1) is 0 Å². The highest BCUT2D eigenvalue weighted by Gasteiger charge is 2.40. The van der Waals surface area contributed by atoms with Gasteiger partial charge in [-0.2, -0.15) is 0 Å². The molecule has 0 saturated carbocycles. The summed E-state index contributed by atoms with van der Waals surface area (Å²) < 4.78 is 3.82. The minimum absolute atomic E-state index is 0.0382. The number of halogens is 1. The van der Waals surface area contributed by atoms with E-state index in [0.29, 0.717) is 26.1 Å². The van der Waals surface area contributed by atoms with Crippen LogP contribution in [0.1, 0.15) is 12.8 Å². The van der Waals surface area contributed by atoms with Gasteiger partial charge in [0.15, 0.2) is 4.45 Å². The molecule has 1 aliphatic heterocycles. The maximum absolute atomic E-state index is 10.7. The molecule has 0 aliphatic carbocycles. The van der Waals surface area contributed by atoms with Crippen LogP contribution in [0.4, 0.5) is 0 Å². The summed E-state index contributed by atoms with van der Waals surface area (Å²) in [6.45, 7) is 1.20. The molecule has 70 valence electrons. The van der Waals surface area contributed by atoms with Crippen LogP contribution in [0.2, 0.25) is 0 Å². The smallest absolute Gasteiger partial charge is 0.335 e. The molecule has 1 aliphatic rings. The predicted octanol–water partition coefficient (Wildman–Crippen LogP) is 0.548. The molecule has 1 heterocycles. The number of ether oxygens (including phenoxy) is 1. The number of rotatable bonds is 2. The fraction of sp³-hybridized carbons (Fsp3) is 0.857. The number of hydrogen-bond acceptors (Lipinski definition) is 3. The van der Waals surface area contributed by atoms with Crippen molar-refractivity contribution >= 4 is 21.9 Å². The second-order valence-corrected chi connectivity index (χ2v) is 4.27. The van der Waals surface area contributed by atoms with Crippen LogP contribution in [0.3, 0.4) is 0 Å². The molecule has 0 aromatic rings. The largest absolute Gasteiger partial charge is 0.479 e. The molecule has 3 N–H and O–H groups in total. The topological polar surface area (TPSA) is 72.6 Å². The number of nitrogens with two attached hydrogens (primary N) is 1. The molecule has 4 nitrogen and oxygen atoms in total. The number of alkyl halides is 1. The minimum atomic E-state index is -1.28. The molecule has 0 amide bonds. The van der Waals surface area contributed by atoms with E-state index in [-0.39, 0.29) is 5.92 Å². The predicted molar refractivity (Wildman–Crippen MR) is 47.0 cm³/mol. The lowest BCUT2D eigenvalue weighted by Gasteiger charge is -2.31. The van der Waals surface area contributed by atoms with Gasteiger partial charge in [0.2, 0.25) is 0 Å². The first-order valence-corrected chi connectivity index (χ1v) is 4.63. The van der Waals surface area contributed by atoms with Gasteiger partial charge < -0.3 is 15.6 Å². The van der Waals surface area contributed by atoms with Gasteiger partial charge in [-0.15, -0.1) is 0 Å². The maximum atomic E-state index is 10.7. The van der Waals surface area contributed by atoms with Crippen LogP contribution in [-0.2, 0) is 9.53 Å². The van der Waals surface area contributed by atoms with E-state index in [9.17, 15) is 4.79 Å². The molecule has 5 heteroatoms. The molecule has 0 bridgehead atoms. The van der Waals surface area contributed by atoms with Crippen molar-refractivity contribution in [1.82, 2.24) is 0 Å². The summed E-state index contributed by atoms with van der Waals surface area (Å²) in [5.74, 6) is -1.04. The Balaban J connectivity index is 2.59. The molecule has 1 saturated heterocycles. The summed E-state index contributed by atoms with van der Waals surface area (Å²) in [5.41, 5.74) is 5.60. The highest BCUT2D eigenvalue weighted by atomic mass is 79.9. The van der Waals surface area contributed by atoms with Crippen molar-refractivity contribution in [2.75, 3.05) is 13.2 Å².